The number of para-hydroxylation sites is 1. The number of ether oxygens (including phenoxy) is 2. The zero-order valence-electron chi connectivity index (χ0n) is 14.2. The van der Waals surface area contributed by atoms with E-state index in [0.717, 1.165) is 0 Å². The van der Waals surface area contributed by atoms with E-state index in [2.05, 4.69) is 21.2 Å². The Bertz CT molecular complexity index is 921. The van der Waals surface area contributed by atoms with Crippen LogP contribution in [-0.2, 0) is 9.59 Å². The van der Waals surface area contributed by atoms with Crippen LogP contribution in [0.2, 0.25) is 0 Å². The van der Waals surface area contributed by atoms with Gasteiger partial charge in [-0.05, 0) is 28.1 Å². The van der Waals surface area contributed by atoms with Crippen molar-refractivity contribution in [3.63, 3.8) is 0 Å². The first-order chi connectivity index (χ1) is 13.0. The predicted octanol–water partition coefficient (Wildman–Crippen LogP) is 3.35. The van der Waals surface area contributed by atoms with E-state index in [0.29, 0.717) is 34.9 Å². The molecule has 2 aliphatic heterocycles. The Morgan fingerprint density at radius 2 is 1.89 bits per heavy atom. The fraction of sp³-hybridized carbons (Fsp3) is 0.263. The number of rotatable bonds is 3. The average Bonchev–Trinajstić information content (AvgIpc) is 3.04. The third kappa shape index (κ3) is 3.49. The van der Waals surface area contributed by atoms with E-state index in [9.17, 15) is 14.0 Å². The van der Waals surface area contributed by atoms with Crippen LogP contribution in [-0.4, -0.2) is 31.6 Å². The second kappa shape index (κ2) is 7.19. The summed E-state index contributed by atoms with van der Waals surface area (Å²) in [7, 11) is 0. The summed E-state index contributed by atoms with van der Waals surface area (Å²) < 4.78 is 25.7. The van der Waals surface area contributed by atoms with Gasteiger partial charge in [-0.25, -0.2) is 4.39 Å². The van der Waals surface area contributed by atoms with Gasteiger partial charge in [-0.3, -0.25) is 9.59 Å². The first-order valence-corrected chi connectivity index (χ1v) is 9.27. The number of anilines is 2. The number of carbonyl (C=O) groups excluding carboxylic acids is 2. The monoisotopic (exact) mass is 434 g/mol. The van der Waals surface area contributed by atoms with Gasteiger partial charge in [0.15, 0.2) is 11.5 Å². The molecule has 1 fully saturated rings. The summed E-state index contributed by atoms with van der Waals surface area (Å²) in [6, 6.07) is 9.46. The van der Waals surface area contributed by atoms with Crippen molar-refractivity contribution in [1.29, 1.82) is 0 Å². The molecule has 2 aromatic carbocycles. The molecule has 140 valence electrons. The van der Waals surface area contributed by atoms with Crippen LogP contribution in [0, 0.1) is 11.7 Å². The molecule has 1 unspecified atom stereocenters. The van der Waals surface area contributed by atoms with Crippen LogP contribution in [0.25, 0.3) is 0 Å². The number of amides is 2. The van der Waals surface area contributed by atoms with E-state index in [-0.39, 0.29) is 30.5 Å². The fourth-order valence-corrected chi connectivity index (χ4v) is 3.60. The van der Waals surface area contributed by atoms with E-state index in [1.165, 1.54) is 17.0 Å². The van der Waals surface area contributed by atoms with Gasteiger partial charge in [0.1, 0.15) is 19.0 Å². The second-order valence-corrected chi connectivity index (χ2v) is 7.18. The van der Waals surface area contributed by atoms with Crippen molar-refractivity contribution >= 4 is 39.1 Å². The Kier molecular flexibility index (Phi) is 4.73. The minimum atomic E-state index is -0.572. The molecule has 0 aliphatic carbocycles. The highest BCUT2D eigenvalue weighted by Gasteiger charge is 2.36. The van der Waals surface area contributed by atoms with Gasteiger partial charge in [0, 0.05) is 29.6 Å². The van der Waals surface area contributed by atoms with Crippen molar-refractivity contribution in [2.75, 3.05) is 30.0 Å². The summed E-state index contributed by atoms with van der Waals surface area (Å²) in [6.45, 7) is 1.05. The lowest BCUT2D eigenvalue weighted by molar-refractivity contribution is -0.122. The van der Waals surface area contributed by atoms with Gasteiger partial charge in [0.05, 0.1) is 17.3 Å². The Balaban J connectivity index is 1.50. The predicted molar refractivity (Wildman–Crippen MR) is 101 cm³/mol. The van der Waals surface area contributed by atoms with E-state index in [1.807, 2.05) is 0 Å². The third-order valence-corrected chi connectivity index (χ3v) is 5.18. The Morgan fingerprint density at radius 3 is 2.63 bits per heavy atom. The lowest BCUT2D eigenvalue weighted by atomic mass is 10.1. The quantitative estimate of drug-likeness (QED) is 0.803. The Morgan fingerprint density at radius 1 is 1.19 bits per heavy atom. The largest absolute Gasteiger partial charge is 0.486 e. The maximum Gasteiger partial charge on any atom is 0.229 e. The number of nitrogens with zero attached hydrogens (tertiary/aromatic N) is 1. The number of benzene rings is 2. The number of nitrogens with one attached hydrogen (secondary N) is 1. The Hall–Kier alpha value is -2.61. The molecule has 0 aromatic heterocycles. The van der Waals surface area contributed by atoms with E-state index in [1.54, 1.807) is 24.3 Å². The van der Waals surface area contributed by atoms with Gasteiger partial charge in [-0.1, -0.05) is 12.1 Å². The van der Waals surface area contributed by atoms with Gasteiger partial charge in [0.2, 0.25) is 11.8 Å². The first-order valence-electron chi connectivity index (χ1n) is 8.48. The number of halogens is 2. The lowest BCUT2D eigenvalue weighted by Crippen LogP contribution is -2.28. The zero-order valence-corrected chi connectivity index (χ0v) is 15.8. The number of hydrogen-bond donors (Lipinski definition) is 1. The summed E-state index contributed by atoms with van der Waals surface area (Å²) >= 11 is 3.41. The summed E-state index contributed by atoms with van der Waals surface area (Å²) in [6.07, 6.45) is 0.0301. The molecule has 4 rings (SSSR count). The molecule has 0 spiro atoms. The topological polar surface area (TPSA) is 67.9 Å². The van der Waals surface area contributed by atoms with Crippen LogP contribution < -0.4 is 19.7 Å². The van der Waals surface area contributed by atoms with Crippen molar-refractivity contribution in [3.8, 4) is 11.5 Å². The van der Waals surface area contributed by atoms with Crippen LogP contribution in [0.15, 0.2) is 40.9 Å². The molecule has 0 radical (unpaired) electrons. The third-order valence-electron chi connectivity index (χ3n) is 4.53. The van der Waals surface area contributed by atoms with Crippen molar-refractivity contribution in [1.82, 2.24) is 0 Å². The molecular weight excluding hydrogens is 419 g/mol. The second-order valence-electron chi connectivity index (χ2n) is 6.32. The van der Waals surface area contributed by atoms with Crippen LogP contribution >= 0.6 is 15.9 Å². The molecule has 6 nitrogen and oxygen atoms in total. The van der Waals surface area contributed by atoms with E-state index < -0.39 is 11.7 Å². The summed E-state index contributed by atoms with van der Waals surface area (Å²) in [5.41, 5.74) is 0.722. The van der Waals surface area contributed by atoms with Crippen LogP contribution in [0.3, 0.4) is 0 Å². The van der Waals surface area contributed by atoms with Crippen LogP contribution in [0.4, 0.5) is 15.8 Å². The maximum absolute atomic E-state index is 14.0. The molecule has 2 aliphatic rings. The molecule has 2 amide bonds. The molecule has 0 saturated carbocycles. The fourth-order valence-electron chi connectivity index (χ4n) is 3.18. The summed E-state index contributed by atoms with van der Waals surface area (Å²) in [4.78, 5) is 26.3. The average molecular weight is 435 g/mol. The zero-order chi connectivity index (χ0) is 19.0. The number of carbonyl (C=O) groups is 2. The van der Waals surface area contributed by atoms with Crippen molar-refractivity contribution in [2.45, 2.75) is 6.42 Å². The maximum atomic E-state index is 14.0. The van der Waals surface area contributed by atoms with Gasteiger partial charge in [0.25, 0.3) is 0 Å². The van der Waals surface area contributed by atoms with Crippen LogP contribution in [0.5, 0.6) is 11.5 Å². The lowest BCUT2D eigenvalue weighted by Gasteiger charge is -2.21. The van der Waals surface area contributed by atoms with E-state index >= 15 is 0 Å². The minimum absolute atomic E-state index is 0.0301. The summed E-state index contributed by atoms with van der Waals surface area (Å²) in [5, 5.41) is 2.82. The van der Waals surface area contributed by atoms with Crippen molar-refractivity contribution < 1.29 is 23.5 Å². The van der Waals surface area contributed by atoms with Gasteiger partial charge in [-0.15, -0.1) is 0 Å². The van der Waals surface area contributed by atoms with Crippen molar-refractivity contribution in [2.24, 2.45) is 5.92 Å². The standard InChI is InChI=1S/C19H16BrFN2O4/c20-12-8-16-17(27-6-5-26-16)9-14(12)22-19(25)11-7-18(24)23(10-11)15-4-2-1-3-13(15)21/h1-4,8-9,11H,5-7,10H2,(H,22,25). The molecule has 27 heavy (non-hydrogen) atoms. The molecule has 0 bridgehead atoms. The summed E-state index contributed by atoms with van der Waals surface area (Å²) in [5.74, 6) is -0.483. The first kappa shape index (κ1) is 17.8. The normalized spacial score (nSPS) is 18.5. The molecule has 1 atom stereocenters. The Labute approximate surface area is 163 Å². The molecule has 1 saturated heterocycles. The highest BCUT2D eigenvalue weighted by atomic mass is 79.9. The highest BCUT2D eigenvalue weighted by Crippen LogP contribution is 2.38. The highest BCUT2D eigenvalue weighted by molar-refractivity contribution is 9.10. The smallest absolute Gasteiger partial charge is 0.229 e. The SMILES string of the molecule is O=C(Nc1cc2c(cc1Br)OCCO2)C1CC(=O)N(c2ccccc2F)C1. The van der Waals surface area contributed by atoms with Gasteiger partial charge >= 0.3 is 0 Å². The van der Waals surface area contributed by atoms with Gasteiger partial charge < -0.3 is 19.7 Å². The molecule has 2 heterocycles. The van der Waals surface area contributed by atoms with E-state index in [4.69, 9.17) is 9.47 Å². The molecule has 2 aromatic rings. The minimum Gasteiger partial charge on any atom is -0.486 e. The van der Waals surface area contributed by atoms with Gasteiger partial charge in [-0.2, -0.15) is 0 Å². The molecule has 8 heteroatoms. The number of fused-ring (bicyclic) bond motifs is 1. The number of hydrogen-bond acceptors (Lipinski definition) is 4. The van der Waals surface area contributed by atoms with Crippen LogP contribution in [0.1, 0.15) is 6.42 Å². The van der Waals surface area contributed by atoms with Crippen molar-refractivity contribution in [3.05, 3.63) is 46.7 Å². The molecular formula is C19H16BrFN2O4. The molecule has 1 N–H and O–H groups in total.